The monoisotopic (exact) mass is 303 g/mol. The van der Waals surface area contributed by atoms with Gasteiger partial charge in [0.1, 0.15) is 0 Å². The second-order valence-electron chi connectivity index (χ2n) is 4.93. The maximum Gasteiger partial charge on any atom is 0.463 e. The van der Waals surface area contributed by atoms with E-state index in [2.05, 4.69) is 0 Å². The van der Waals surface area contributed by atoms with E-state index in [4.69, 9.17) is 9.47 Å². The highest BCUT2D eigenvalue weighted by molar-refractivity contribution is 5.84. The van der Waals surface area contributed by atoms with E-state index in [0.29, 0.717) is 26.1 Å². The number of carbonyl (C=O) groups is 1. The molecule has 0 atom stereocenters. The minimum absolute atomic E-state index is 0.236. The fourth-order valence-corrected chi connectivity index (χ4v) is 2.39. The first-order valence-corrected chi connectivity index (χ1v) is 6.20. The summed E-state index contributed by atoms with van der Waals surface area (Å²) in [7, 11) is 0. The molecule has 2 aliphatic rings. The normalized spacial score (nSPS) is 24.1. The molecule has 1 aliphatic carbocycles. The van der Waals surface area contributed by atoms with Crippen molar-refractivity contribution in [3.63, 3.8) is 0 Å². The molecule has 2 fully saturated rings. The van der Waals surface area contributed by atoms with Gasteiger partial charge in [-0.05, 0) is 12.8 Å². The average Bonchev–Trinajstić information content (AvgIpc) is 2.79. The molecule has 1 amide bonds. The van der Waals surface area contributed by atoms with Crippen LogP contribution < -0.4 is 5.32 Å². The Morgan fingerprint density at radius 3 is 2.00 bits per heavy atom. The Labute approximate surface area is 111 Å². The molecule has 1 saturated heterocycles. The molecule has 9 heteroatoms. The van der Waals surface area contributed by atoms with Crippen LogP contribution in [0, 0.1) is 0 Å². The van der Waals surface area contributed by atoms with Crippen molar-refractivity contribution in [3.05, 3.63) is 0 Å². The topological polar surface area (TPSA) is 47.6 Å². The van der Waals surface area contributed by atoms with Crippen molar-refractivity contribution in [2.45, 2.75) is 49.6 Å². The fourth-order valence-electron chi connectivity index (χ4n) is 2.39. The van der Waals surface area contributed by atoms with Gasteiger partial charge < -0.3 is 14.8 Å². The molecule has 0 aromatic carbocycles. The summed E-state index contributed by atoms with van der Waals surface area (Å²) >= 11 is 0. The first kappa shape index (κ1) is 15.4. The number of amides is 1. The zero-order valence-corrected chi connectivity index (χ0v) is 10.4. The van der Waals surface area contributed by atoms with E-state index in [9.17, 15) is 26.7 Å². The SMILES string of the molecule is O=C(NC1CCC2(CC1)OCCO2)C(F)(F)C(F)(F)F. The molecular formula is C11H14F5NO3. The van der Waals surface area contributed by atoms with Crippen LogP contribution in [-0.2, 0) is 14.3 Å². The third-order valence-electron chi connectivity index (χ3n) is 3.54. The zero-order chi connectivity index (χ0) is 15.0. The largest absolute Gasteiger partial charge is 0.463 e. The van der Waals surface area contributed by atoms with Crippen LogP contribution in [0.25, 0.3) is 0 Å². The molecule has 0 bridgehead atoms. The molecule has 4 nitrogen and oxygen atoms in total. The quantitative estimate of drug-likeness (QED) is 0.794. The molecule has 1 saturated carbocycles. The van der Waals surface area contributed by atoms with Gasteiger partial charge in [-0.2, -0.15) is 22.0 Å². The lowest BCUT2D eigenvalue weighted by molar-refractivity contribution is -0.270. The van der Waals surface area contributed by atoms with Gasteiger partial charge in [-0.3, -0.25) is 4.79 Å². The number of ether oxygens (including phenoxy) is 2. The number of rotatable bonds is 2. The van der Waals surface area contributed by atoms with Crippen LogP contribution in [0.5, 0.6) is 0 Å². The van der Waals surface area contributed by atoms with E-state index in [-0.39, 0.29) is 12.8 Å². The molecule has 116 valence electrons. The van der Waals surface area contributed by atoms with E-state index in [1.54, 1.807) is 5.32 Å². The molecule has 1 spiro atoms. The lowest BCUT2D eigenvalue weighted by atomic mass is 9.90. The van der Waals surface area contributed by atoms with Crippen molar-refractivity contribution in [2.24, 2.45) is 0 Å². The highest BCUT2D eigenvalue weighted by atomic mass is 19.4. The Balaban J connectivity index is 1.88. The Bertz CT molecular complexity index is 369. The molecule has 1 heterocycles. The summed E-state index contributed by atoms with van der Waals surface area (Å²) in [6.45, 7) is 0.867. The lowest BCUT2D eigenvalue weighted by Crippen LogP contribution is -2.54. The Morgan fingerprint density at radius 1 is 1.05 bits per heavy atom. The third-order valence-corrected chi connectivity index (χ3v) is 3.54. The molecule has 1 aliphatic heterocycles. The van der Waals surface area contributed by atoms with Gasteiger partial charge in [0, 0.05) is 18.9 Å². The van der Waals surface area contributed by atoms with Crippen molar-refractivity contribution >= 4 is 5.91 Å². The standard InChI is InChI=1S/C11H14F5NO3/c12-10(13,11(14,15)16)8(18)17-7-1-3-9(4-2-7)19-5-6-20-9/h7H,1-6H2,(H,17,18). The summed E-state index contributed by atoms with van der Waals surface area (Å²) < 4.78 is 72.4. The van der Waals surface area contributed by atoms with E-state index >= 15 is 0 Å². The molecule has 20 heavy (non-hydrogen) atoms. The Morgan fingerprint density at radius 2 is 1.55 bits per heavy atom. The van der Waals surface area contributed by atoms with Crippen LogP contribution in [-0.4, -0.2) is 43.0 Å². The summed E-state index contributed by atoms with van der Waals surface area (Å²) in [4.78, 5) is 11.0. The number of carbonyl (C=O) groups excluding carboxylic acids is 1. The number of alkyl halides is 5. The van der Waals surface area contributed by atoms with Gasteiger partial charge in [-0.25, -0.2) is 0 Å². The van der Waals surface area contributed by atoms with Crippen molar-refractivity contribution in [1.82, 2.24) is 5.32 Å². The summed E-state index contributed by atoms with van der Waals surface area (Å²) in [6, 6.07) is -0.728. The van der Waals surface area contributed by atoms with E-state index in [0.717, 1.165) is 0 Å². The second kappa shape index (κ2) is 5.10. The first-order valence-electron chi connectivity index (χ1n) is 6.20. The molecule has 1 N–H and O–H groups in total. The Kier molecular flexibility index (Phi) is 3.94. The smallest absolute Gasteiger partial charge is 0.348 e. The average molecular weight is 303 g/mol. The summed E-state index contributed by atoms with van der Waals surface area (Å²) in [5, 5.41) is 1.75. The summed E-state index contributed by atoms with van der Waals surface area (Å²) in [5.74, 6) is -8.43. The van der Waals surface area contributed by atoms with Gasteiger partial charge >= 0.3 is 18.0 Å². The maximum atomic E-state index is 12.8. The van der Waals surface area contributed by atoms with Crippen molar-refractivity contribution in [2.75, 3.05) is 13.2 Å². The van der Waals surface area contributed by atoms with Crippen LogP contribution in [0.1, 0.15) is 25.7 Å². The van der Waals surface area contributed by atoms with Gasteiger partial charge in [0.25, 0.3) is 0 Å². The van der Waals surface area contributed by atoms with Crippen LogP contribution in [0.15, 0.2) is 0 Å². The molecule has 0 aromatic rings. The van der Waals surface area contributed by atoms with Crippen molar-refractivity contribution in [1.29, 1.82) is 0 Å². The van der Waals surface area contributed by atoms with Gasteiger partial charge in [-0.15, -0.1) is 0 Å². The number of nitrogens with one attached hydrogen (secondary N) is 1. The predicted octanol–water partition coefficient (Wildman–Crippen LogP) is 1.99. The van der Waals surface area contributed by atoms with E-state index in [1.807, 2.05) is 0 Å². The zero-order valence-electron chi connectivity index (χ0n) is 10.4. The number of halogens is 5. The lowest BCUT2D eigenvalue weighted by Gasteiger charge is -2.36. The highest BCUT2D eigenvalue weighted by Crippen LogP contribution is 2.38. The molecule has 0 radical (unpaired) electrons. The molecule has 0 aromatic heterocycles. The summed E-state index contributed by atoms with van der Waals surface area (Å²) in [5.41, 5.74) is 0. The molecular weight excluding hydrogens is 289 g/mol. The van der Waals surface area contributed by atoms with Gasteiger partial charge in [0.05, 0.1) is 13.2 Å². The Hall–Kier alpha value is -0.960. The van der Waals surface area contributed by atoms with Crippen LogP contribution in [0.4, 0.5) is 22.0 Å². The van der Waals surface area contributed by atoms with Crippen LogP contribution in [0.2, 0.25) is 0 Å². The first-order chi connectivity index (χ1) is 9.16. The summed E-state index contributed by atoms with van der Waals surface area (Å²) in [6.07, 6.45) is -4.70. The van der Waals surface area contributed by atoms with Crippen molar-refractivity contribution < 1.29 is 36.2 Å². The fraction of sp³-hybridized carbons (Fsp3) is 0.909. The second-order valence-corrected chi connectivity index (χ2v) is 4.93. The maximum absolute atomic E-state index is 12.8. The van der Waals surface area contributed by atoms with Crippen LogP contribution >= 0.6 is 0 Å². The third kappa shape index (κ3) is 2.88. The van der Waals surface area contributed by atoms with Crippen molar-refractivity contribution in [3.8, 4) is 0 Å². The predicted molar refractivity (Wildman–Crippen MR) is 56.0 cm³/mol. The van der Waals surface area contributed by atoms with E-state index in [1.165, 1.54) is 0 Å². The van der Waals surface area contributed by atoms with E-state index < -0.39 is 29.8 Å². The van der Waals surface area contributed by atoms with Gasteiger partial charge in [-0.1, -0.05) is 0 Å². The minimum Gasteiger partial charge on any atom is -0.348 e. The van der Waals surface area contributed by atoms with Gasteiger partial charge in [0.15, 0.2) is 5.79 Å². The highest BCUT2D eigenvalue weighted by Gasteiger charge is 2.63. The number of hydrogen-bond donors (Lipinski definition) is 1. The minimum atomic E-state index is -5.88. The number of hydrogen-bond acceptors (Lipinski definition) is 3. The van der Waals surface area contributed by atoms with Gasteiger partial charge in [0.2, 0.25) is 0 Å². The molecule has 2 rings (SSSR count). The van der Waals surface area contributed by atoms with Crippen LogP contribution in [0.3, 0.4) is 0 Å². The molecule has 0 unspecified atom stereocenters.